The highest BCUT2D eigenvalue weighted by Gasteiger charge is 2.39. The number of aromatic nitrogens is 3. The number of anilines is 2. The number of hydrogen-bond acceptors (Lipinski definition) is 4. The molecule has 1 heterocycles. The largest absolute Gasteiger partial charge is 0.326 e. The number of aromatic amines is 1. The molecule has 7 heteroatoms. The Morgan fingerprint density at radius 2 is 1.68 bits per heavy atom. The van der Waals surface area contributed by atoms with Gasteiger partial charge in [-0.05, 0) is 54.8 Å². The van der Waals surface area contributed by atoms with Crippen molar-refractivity contribution < 1.29 is 9.59 Å². The summed E-state index contributed by atoms with van der Waals surface area (Å²) in [6.45, 7) is 2.06. The fourth-order valence-electron chi connectivity index (χ4n) is 2.75. The van der Waals surface area contributed by atoms with Crippen LogP contribution in [0.25, 0.3) is 11.0 Å². The molecule has 0 saturated heterocycles. The number of nitrogens with one attached hydrogen (secondary N) is 3. The number of H-pyrrole nitrogens is 1. The van der Waals surface area contributed by atoms with Crippen molar-refractivity contribution in [1.29, 1.82) is 0 Å². The summed E-state index contributed by atoms with van der Waals surface area (Å²) in [5.74, 6) is 0.406. The molecule has 126 valence electrons. The highest BCUT2D eigenvalue weighted by atomic mass is 16.2. The van der Waals surface area contributed by atoms with Crippen LogP contribution in [-0.2, 0) is 4.79 Å². The fourth-order valence-corrected chi connectivity index (χ4v) is 2.75. The summed E-state index contributed by atoms with van der Waals surface area (Å²) in [6, 6.07) is 12.2. The summed E-state index contributed by atoms with van der Waals surface area (Å²) >= 11 is 0. The Kier molecular flexibility index (Phi) is 3.68. The summed E-state index contributed by atoms with van der Waals surface area (Å²) in [7, 11) is 0. The maximum Gasteiger partial charge on any atom is 0.255 e. The second-order valence-corrected chi connectivity index (χ2v) is 6.37. The molecule has 0 aliphatic heterocycles. The molecule has 1 aromatic heterocycles. The van der Waals surface area contributed by atoms with Gasteiger partial charge in [-0.1, -0.05) is 6.92 Å². The van der Waals surface area contributed by atoms with Crippen LogP contribution >= 0.6 is 0 Å². The van der Waals surface area contributed by atoms with Gasteiger partial charge in [-0.3, -0.25) is 9.59 Å². The third-order valence-corrected chi connectivity index (χ3v) is 4.44. The van der Waals surface area contributed by atoms with Crippen LogP contribution in [-0.4, -0.2) is 27.2 Å². The van der Waals surface area contributed by atoms with Crippen molar-refractivity contribution in [2.45, 2.75) is 13.3 Å². The van der Waals surface area contributed by atoms with E-state index in [1.807, 2.05) is 0 Å². The number of benzene rings is 2. The highest BCUT2D eigenvalue weighted by Crippen LogP contribution is 2.38. The Morgan fingerprint density at radius 3 is 2.40 bits per heavy atom. The van der Waals surface area contributed by atoms with Crippen LogP contribution in [0.4, 0.5) is 11.4 Å². The van der Waals surface area contributed by atoms with Crippen molar-refractivity contribution in [2.24, 2.45) is 11.8 Å². The molecule has 3 N–H and O–H groups in total. The number of fused-ring (bicyclic) bond motifs is 1. The van der Waals surface area contributed by atoms with E-state index in [1.54, 1.807) is 42.5 Å². The van der Waals surface area contributed by atoms with Gasteiger partial charge < -0.3 is 10.6 Å². The lowest BCUT2D eigenvalue weighted by molar-refractivity contribution is -0.117. The maximum atomic E-state index is 12.3. The van der Waals surface area contributed by atoms with Crippen LogP contribution in [0.3, 0.4) is 0 Å². The quantitative estimate of drug-likeness (QED) is 0.682. The van der Waals surface area contributed by atoms with E-state index in [2.05, 4.69) is 33.0 Å². The molecule has 25 heavy (non-hydrogen) atoms. The Hall–Kier alpha value is -3.22. The molecule has 0 radical (unpaired) electrons. The topological polar surface area (TPSA) is 99.8 Å². The van der Waals surface area contributed by atoms with Crippen molar-refractivity contribution in [1.82, 2.24) is 15.4 Å². The van der Waals surface area contributed by atoms with Gasteiger partial charge in [0.1, 0.15) is 11.0 Å². The molecule has 0 spiro atoms. The molecule has 1 saturated carbocycles. The average molecular weight is 335 g/mol. The SMILES string of the molecule is C[C@H]1C[C@@H]1C(=O)Nc1ccc(C(=O)Nc2ccc3n[nH]nc3c2)cc1. The molecule has 4 rings (SSSR count). The van der Waals surface area contributed by atoms with Gasteiger partial charge in [0, 0.05) is 22.9 Å². The summed E-state index contributed by atoms with van der Waals surface area (Å²) < 4.78 is 0. The first-order chi connectivity index (χ1) is 12.1. The van der Waals surface area contributed by atoms with Gasteiger partial charge in [-0.15, -0.1) is 0 Å². The molecular formula is C18H17N5O2. The average Bonchev–Trinajstić information content (AvgIpc) is 3.16. The van der Waals surface area contributed by atoms with Crippen molar-refractivity contribution in [2.75, 3.05) is 10.6 Å². The van der Waals surface area contributed by atoms with E-state index in [9.17, 15) is 9.59 Å². The van der Waals surface area contributed by atoms with E-state index in [1.165, 1.54) is 0 Å². The van der Waals surface area contributed by atoms with Crippen LogP contribution in [0.1, 0.15) is 23.7 Å². The van der Waals surface area contributed by atoms with Crippen LogP contribution in [0.5, 0.6) is 0 Å². The van der Waals surface area contributed by atoms with Gasteiger partial charge >= 0.3 is 0 Å². The third kappa shape index (κ3) is 3.21. The van der Waals surface area contributed by atoms with Crippen molar-refractivity contribution >= 4 is 34.2 Å². The fraction of sp³-hybridized carbons (Fsp3) is 0.222. The smallest absolute Gasteiger partial charge is 0.255 e. The summed E-state index contributed by atoms with van der Waals surface area (Å²) in [5.41, 5.74) is 3.28. The van der Waals surface area contributed by atoms with E-state index in [4.69, 9.17) is 0 Å². The monoisotopic (exact) mass is 335 g/mol. The Morgan fingerprint density at radius 1 is 1.00 bits per heavy atom. The van der Waals surface area contributed by atoms with E-state index >= 15 is 0 Å². The zero-order valence-electron chi connectivity index (χ0n) is 13.6. The summed E-state index contributed by atoms with van der Waals surface area (Å²) in [4.78, 5) is 24.3. The van der Waals surface area contributed by atoms with E-state index < -0.39 is 0 Å². The lowest BCUT2D eigenvalue weighted by atomic mass is 10.1. The molecule has 3 aromatic rings. The number of carbonyl (C=O) groups is 2. The summed E-state index contributed by atoms with van der Waals surface area (Å²) in [6.07, 6.45) is 0.947. The number of nitrogens with zero attached hydrogens (tertiary/aromatic N) is 2. The molecule has 2 amide bonds. The molecular weight excluding hydrogens is 318 g/mol. The predicted molar refractivity (Wildman–Crippen MR) is 94.2 cm³/mol. The first-order valence-electron chi connectivity index (χ1n) is 8.13. The number of amides is 2. The molecule has 2 atom stereocenters. The number of rotatable bonds is 4. The predicted octanol–water partition coefficient (Wildman–Crippen LogP) is 2.80. The number of carbonyl (C=O) groups excluding carboxylic acids is 2. The van der Waals surface area contributed by atoms with E-state index in [-0.39, 0.29) is 17.7 Å². The minimum atomic E-state index is -0.225. The summed E-state index contributed by atoms with van der Waals surface area (Å²) in [5, 5.41) is 16.2. The van der Waals surface area contributed by atoms with Crippen LogP contribution in [0.2, 0.25) is 0 Å². The zero-order valence-corrected chi connectivity index (χ0v) is 13.6. The minimum Gasteiger partial charge on any atom is -0.326 e. The van der Waals surface area contributed by atoms with Gasteiger partial charge in [0.25, 0.3) is 5.91 Å². The van der Waals surface area contributed by atoms with Gasteiger partial charge in [-0.25, -0.2) is 0 Å². The standard InChI is InChI=1S/C18H17N5O2/c1-10-8-14(10)18(25)19-12-4-2-11(3-5-12)17(24)20-13-6-7-15-16(9-13)22-23-21-15/h2-7,9-10,14H,8H2,1H3,(H,19,25)(H,20,24)(H,21,22,23)/t10-,14-/m0/s1. The highest BCUT2D eigenvalue weighted by molar-refractivity contribution is 6.05. The molecule has 0 unspecified atom stereocenters. The molecule has 1 aliphatic carbocycles. The number of hydrogen-bond donors (Lipinski definition) is 3. The van der Waals surface area contributed by atoms with Crippen molar-refractivity contribution in [3.05, 3.63) is 48.0 Å². The molecule has 0 bridgehead atoms. The van der Waals surface area contributed by atoms with E-state index in [0.717, 1.165) is 11.9 Å². The molecule has 7 nitrogen and oxygen atoms in total. The Bertz CT molecular complexity index is 948. The van der Waals surface area contributed by atoms with Gasteiger partial charge in [0.15, 0.2) is 0 Å². The minimum absolute atomic E-state index is 0.0469. The lowest BCUT2D eigenvalue weighted by Gasteiger charge is -2.07. The Labute approximate surface area is 143 Å². The first-order valence-corrected chi connectivity index (χ1v) is 8.13. The first kappa shape index (κ1) is 15.3. The van der Waals surface area contributed by atoms with Gasteiger partial charge in [0.2, 0.25) is 5.91 Å². The van der Waals surface area contributed by atoms with E-state index in [0.29, 0.717) is 28.4 Å². The molecule has 1 aliphatic rings. The zero-order chi connectivity index (χ0) is 17.4. The maximum absolute atomic E-state index is 12.3. The van der Waals surface area contributed by atoms with Crippen LogP contribution in [0, 0.1) is 11.8 Å². The second-order valence-electron chi connectivity index (χ2n) is 6.37. The third-order valence-electron chi connectivity index (χ3n) is 4.44. The molecule has 2 aromatic carbocycles. The van der Waals surface area contributed by atoms with Gasteiger partial charge in [-0.2, -0.15) is 15.4 Å². The van der Waals surface area contributed by atoms with Crippen LogP contribution < -0.4 is 10.6 Å². The normalized spacial score (nSPS) is 18.8. The lowest BCUT2D eigenvalue weighted by Crippen LogP contribution is -2.15. The van der Waals surface area contributed by atoms with Crippen LogP contribution in [0.15, 0.2) is 42.5 Å². The second kappa shape index (κ2) is 6.01. The Balaban J connectivity index is 1.42. The van der Waals surface area contributed by atoms with Crippen molar-refractivity contribution in [3.63, 3.8) is 0 Å². The molecule has 1 fully saturated rings. The van der Waals surface area contributed by atoms with Crippen molar-refractivity contribution in [3.8, 4) is 0 Å². The van der Waals surface area contributed by atoms with Gasteiger partial charge in [0.05, 0.1) is 0 Å².